The first-order chi connectivity index (χ1) is 13.9. The van der Waals surface area contributed by atoms with Crippen LogP contribution < -0.4 is 5.32 Å². The number of nitrogens with one attached hydrogen (secondary N) is 1. The summed E-state index contributed by atoms with van der Waals surface area (Å²) in [4.78, 5) is 12.4. The van der Waals surface area contributed by atoms with Crippen molar-refractivity contribution < 1.29 is 13.2 Å². The van der Waals surface area contributed by atoms with E-state index in [2.05, 4.69) is 5.32 Å². The Hall–Kier alpha value is -0.770. The first-order valence-corrected chi connectivity index (χ1v) is 13.4. The van der Waals surface area contributed by atoms with E-state index in [0.717, 1.165) is 11.3 Å². The van der Waals surface area contributed by atoms with Crippen LogP contribution in [0.4, 0.5) is 0 Å². The van der Waals surface area contributed by atoms with E-state index in [0.29, 0.717) is 52.5 Å². The van der Waals surface area contributed by atoms with Gasteiger partial charge in [0.2, 0.25) is 5.91 Å². The molecule has 0 spiro atoms. The molecule has 1 aliphatic rings. The van der Waals surface area contributed by atoms with Gasteiger partial charge < -0.3 is 5.32 Å². The van der Waals surface area contributed by atoms with E-state index in [1.807, 2.05) is 18.2 Å². The Kier molecular flexibility index (Phi) is 8.30. The third-order valence-corrected chi connectivity index (χ3v) is 9.73. The van der Waals surface area contributed by atoms with Gasteiger partial charge in [0.1, 0.15) is 4.21 Å². The van der Waals surface area contributed by atoms with Crippen LogP contribution in [-0.4, -0.2) is 44.0 Å². The van der Waals surface area contributed by atoms with Crippen LogP contribution in [0.25, 0.3) is 0 Å². The zero-order valence-electron chi connectivity index (χ0n) is 15.6. The molecule has 0 saturated carbocycles. The number of benzene rings is 1. The van der Waals surface area contributed by atoms with Crippen molar-refractivity contribution in [1.29, 1.82) is 0 Å². The average Bonchev–Trinajstić information content (AvgIpc) is 3.25. The molecule has 0 unspecified atom stereocenters. The molecule has 1 saturated heterocycles. The second kappa shape index (κ2) is 10.5. The van der Waals surface area contributed by atoms with Gasteiger partial charge in [-0.15, -0.1) is 11.3 Å². The number of amides is 1. The molecule has 1 N–H and O–H groups in total. The highest BCUT2D eigenvalue weighted by Crippen LogP contribution is 2.28. The lowest BCUT2D eigenvalue weighted by molar-refractivity contribution is -0.125. The lowest BCUT2D eigenvalue weighted by atomic mass is 9.97. The largest absolute Gasteiger partial charge is 0.355 e. The fourth-order valence-electron chi connectivity index (χ4n) is 3.13. The van der Waals surface area contributed by atoms with Gasteiger partial charge in [0, 0.05) is 47.1 Å². The van der Waals surface area contributed by atoms with E-state index in [1.165, 1.54) is 15.6 Å². The smallest absolute Gasteiger partial charge is 0.252 e. The minimum atomic E-state index is -3.43. The quantitative estimate of drug-likeness (QED) is 0.550. The standard InChI is InChI=1S/C19H22Cl2N2O3S3/c20-16-3-1-4-17(21)15(16)13-27-12-8-22-19(24)14-6-9-23(10-7-14)29(25,26)18-5-2-11-28-18/h1-5,11,14H,6-10,12-13H2,(H,22,24). The van der Waals surface area contributed by atoms with Crippen LogP contribution in [0.5, 0.6) is 0 Å². The van der Waals surface area contributed by atoms with Gasteiger partial charge in [-0.1, -0.05) is 35.3 Å². The number of sulfonamides is 1. The summed E-state index contributed by atoms with van der Waals surface area (Å²) in [6, 6.07) is 8.80. The maximum absolute atomic E-state index is 12.5. The number of carbonyl (C=O) groups is 1. The second-order valence-corrected chi connectivity index (χ2v) is 11.7. The summed E-state index contributed by atoms with van der Waals surface area (Å²) in [5.41, 5.74) is 0.909. The minimum Gasteiger partial charge on any atom is -0.355 e. The molecule has 2 aromatic rings. The van der Waals surface area contributed by atoms with Crippen molar-refractivity contribution in [2.24, 2.45) is 5.92 Å². The van der Waals surface area contributed by atoms with E-state index in [1.54, 1.807) is 29.3 Å². The summed E-state index contributed by atoms with van der Waals surface area (Å²) in [7, 11) is -3.43. The number of hydrogen-bond donors (Lipinski definition) is 1. The Labute approximate surface area is 189 Å². The zero-order valence-corrected chi connectivity index (χ0v) is 19.6. The fraction of sp³-hybridized carbons (Fsp3) is 0.421. The van der Waals surface area contributed by atoms with E-state index in [-0.39, 0.29) is 11.8 Å². The van der Waals surface area contributed by atoms with Gasteiger partial charge in [0.25, 0.3) is 10.0 Å². The van der Waals surface area contributed by atoms with Crippen LogP contribution in [-0.2, 0) is 20.6 Å². The van der Waals surface area contributed by atoms with Crippen LogP contribution in [0, 0.1) is 5.92 Å². The molecular formula is C19H22Cl2N2O3S3. The highest BCUT2D eigenvalue weighted by molar-refractivity contribution is 7.98. The third kappa shape index (κ3) is 5.89. The highest BCUT2D eigenvalue weighted by Gasteiger charge is 2.32. The molecule has 29 heavy (non-hydrogen) atoms. The Morgan fingerprint density at radius 1 is 1.17 bits per heavy atom. The molecule has 1 aromatic heterocycles. The lowest BCUT2D eigenvalue weighted by Gasteiger charge is -2.30. The zero-order chi connectivity index (χ0) is 20.9. The summed E-state index contributed by atoms with van der Waals surface area (Å²) < 4.78 is 26.9. The number of halogens is 2. The van der Waals surface area contributed by atoms with Crippen LogP contribution in [0.2, 0.25) is 10.0 Å². The molecule has 5 nitrogen and oxygen atoms in total. The molecule has 0 aliphatic carbocycles. The number of carbonyl (C=O) groups excluding carboxylic acids is 1. The predicted molar refractivity (Wildman–Crippen MR) is 121 cm³/mol. The summed E-state index contributed by atoms with van der Waals surface area (Å²) in [5, 5.41) is 6.01. The molecule has 1 fully saturated rings. The number of nitrogens with zero attached hydrogens (tertiary/aromatic N) is 1. The molecule has 10 heteroatoms. The fourth-order valence-corrected chi connectivity index (χ4v) is 7.34. The number of hydrogen-bond acceptors (Lipinski definition) is 5. The molecule has 3 rings (SSSR count). The molecule has 0 bridgehead atoms. The van der Waals surface area contributed by atoms with E-state index in [9.17, 15) is 13.2 Å². The predicted octanol–water partition coefficient (Wildman–Crippen LogP) is 4.51. The summed E-state index contributed by atoms with van der Waals surface area (Å²) in [5.74, 6) is 1.29. The van der Waals surface area contributed by atoms with Crippen LogP contribution in [0.3, 0.4) is 0 Å². The molecule has 158 valence electrons. The second-order valence-electron chi connectivity index (χ2n) is 6.65. The molecule has 2 heterocycles. The first-order valence-electron chi connectivity index (χ1n) is 9.21. The van der Waals surface area contributed by atoms with Crippen molar-refractivity contribution in [2.45, 2.75) is 22.8 Å². The third-order valence-electron chi connectivity index (χ3n) is 4.77. The van der Waals surface area contributed by atoms with Gasteiger partial charge in [-0.2, -0.15) is 16.1 Å². The summed E-state index contributed by atoms with van der Waals surface area (Å²) in [6.45, 7) is 1.30. The Balaban J connectivity index is 1.38. The van der Waals surface area contributed by atoms with Crippen molar-refractivity contribution >= 4 is 62.2 Å². The molecule has 1 aliphatic heterocycles. The van der Waals surface area contributed by atoms with E-state index < -0.39 is 10.0 Å². The molecule has 1 aromatic carbocycles. The van der Waals surface area contributed by atoms with E-state index >= 15 is 0 Å². The number of rotatable bonds is 8. The SMILES string of the molecule is O=C(NCCSCc1c(Cl)cccc1Cl)C1CCN(S(=O)(=O)c2cccs2)CC1. The maximum Gasteiger partial charge on any atom is 0.252 e. The minimum absolute atomic E-state index is 0.00505. The average molecular weight is 494 g/mol. The van der Waals surface area contributed by atoms with Crippen molar-refractivity contribution in [3.8, 4) is 0 Å². The van der Waals surface area contributed by atoms with Gasteiger partial charge in [-0.3, -0.25) is 4.79 Å². The molecular weight excluding hydrogens is 471 g/mol. The molecule has 0 radical (unpaired) electrons. The van der Waals surface area contributed by atoms with Crippen molar-refractivity contribution in [3.05, 3.63) is 51.3 Å². The van der Waals surface area contributed by atoms with Crippen molar-refractivity contribution in [2.75, 3.05) is 25.4 Å². The van der Waals surface area contributed by atoms with Gasteiger partial charge in [0.05, 0.1) is 0 Å². The number of piperidine rings is 1. The first kappa shape index (κ1) is 22.9. The normalized spacial score (nSPS) is 16.1. The molecule has 1 amide bonds. The Morgan fingerprint density at radius 3 is 2.48 bits per heavy atom. The molecule has 0 atom stereocenters. The number of thioether (sulfide) groups is 1. The lowest BCUT2D eigenvalue weighted by Crippen LogP contribution is -2.43. The van der Waals surface area contributed by atoms with Gasteiger partial charge >= 0.3 is 0 Å². The maximum atomic E-state index is 12.5. The van der Waals surface area contributed by atoms with Crippen molar-refractivity contribution in [3.63, 3.8) is 0 Å². The highest BCUT2D eigenvalue weighted by atomic mass is 35.5. The topological polar surface area (TPSA) is 66.5 Å². The van der Waals surface area contributed by atoms with E-state index in [4.69, 9.17) is 23.2 Å². The van der Waals surface area contributed by atoms with Gasteiger partial charge in [-0.25, -0.2) is 8.42 Å². The van der Waals surface area contributed by atoms with Gasteiger partial charge in [0.15, 0.2) is 0 Å². The van der Waals surface area contributed by atoms with Crippen LogP contribution in [0.1, 0.15) is 18.4 Å². The van der Waals surface area contributed by atoms with Crippen LogP contribution in [0.15, 0.2) is 39.9 Å². The van der Waals surface area contributed by atoms with Crippen LogP contribution >= 0.6 is 46.3 Å². The number of thiophene rings is 1. The Morgan fingerprint density at radius 2 is 1.86 bits per heavy atom. The van der Waals surface area contributed by atoms with Gasteiger partial charge in [-0.05, 0) is 42.0 Å². The van der Waals surface area contributed by atoms with Crippen molar-refractivity contribution in [1.82, 2.24) is 9.62 Å². The Bertz CT molecular complexity index is 908. The summed E-state index contributed by atoms with van der Waals surface area (Å²) in [6.07, 6.45) is 1.08. The monoisotopic (exact) mass is 492 g/mol. The summed E-state index contributed by atoms with van der Waals surface area (Å²) >= 11 is 15.2.